The van der Waals surface area contributed by atoms with Crippen LogP contribution in [0.2, 0.25) is 0 Å². The van der Waals surface area contributed by atoms with Gasteiger partial charge in [0.1, 0.15) is 39.8 Å². The molecule has 4 amide bonds. The number of thiazole rings is 1. The summed E-state index contributed by atoms with van der Waals surface area (Å²) in [5, 5.41) is 5.75. The van der Waals surface area contributed by atoms with Gasteiger partial charge in [-0.3, -0.25) is 23.9 Å². The van der Waals surface area contributed by atoms with Crippen molar-refractivity contribution in [1.82, 2.24) is 35.2 Å². The van der Waals surface area contributed by atoms with Gasteiger partial charge in [-0.2, -0.15) is 0 Å². The van der Waals surface area contributed by atoms with Crippen LogP contribution in [0.4, 0.5) is 4.39 Å². The van der Waals surface area contributed by atoms with Gasteiger partial charge in [-0.15, -0.1) is 11.3 Å². The Morgan fingerprint density at radius 1 is 1.17 bits per heavy atom. The number of para-hydroxylation sites is 1. The first-order valence-corrected chi connectivity index (χ1v) is 20.8. The van der Waals surface area contributed by atoms with Crippen LogP contribution in [0.3, 0.4) is 0 Å². The number of allylic oxidation sites excluding steroid dienone is 1. The molecule has 0 radical (unpaired) electrons. The average Bonchev–Trinajstić information content (AvgIpc) is 3.94. The molecule has 3 fully saturated rings. The second kappa shape index (κ2) is 14.6. The Balaban J connectivity index is 1.21. The number of hydrogen-bond acceptors (Lipinski definition) is 11. The van der Waals surface area contributed by atoms with E-state index in [2.05, 4.69) is 30.3 Å². The number of rotatable bonds is 8. The summed E-state index contributed by atoms with van der Waals surface area (Å²) in [4.78, 5) is 71.1. The zero-order valence-electron chi connectivity index (χ0n) is 30.4. The Hall–Kier alpha value is -4.51. The fraction of sp³-hybridized carbons (Fsp3) is 0.541. The van der Waals surface area contributed by atoms with Crippen molar-refractivity contribution < 1.29 is 36.7 Å². The maximum absolute atomic E-state index is 14.8. The van der Waals surface area contributed by atoms with Crippen molar-refractivity contribution in [1.29, 1.82) is 0 Å². The molecule has 1 aromatic carbocycles. The number of carbonyl (C=O) groups excluding carboxylic acids is 4. The maximum atomic E-state index is 14.8. The predicted octanol–water partition coefficient (Wildman–Crippen LogP) is 3.64. The van der Waals surface area contributed by atoms with Gasteiger partial charge in [0.15, 0.2) is 5.82 Å². The molecule has 14 nitrogen and oxygen atoms in total. The molecule has 2 aromatic heterocycles. The first-order chi connectivity index (χ1) is 25.7. The highest BCUT2D eigenvalue weighted by atomic mass is 32.2. The molecular weight excluding hydrogens is 738 g/mol. The number of ether oxygens (including phenoxy) is 1. The average molecular weight is 782 g/mol. The van der Waals surface area contributed by atoms with E-state index < -0.39 is 73.9 Å². The van der Waals surface area contributed by atoms with Gasteiger partial charge in [0, 0.05) is 12.3 Å². The number of nitrogens with zero attached hydrogens (tertiary/aromatic N) is 4. The van der Waals surface area contributed by atoms with Crippen molar-refractivity contribution in [3.8, 4) is 5.88 Å². The summed E-state index contributed by atoms with van der Waals surface area (Å²) in [5.41, 5.74) is 1.37. The topological polar surface area (TPSA) is 190 Å². The first-order valence-electron chi connectivity index (χ1n) is 18.4. The minimum Gasteiger partial charge on any atom is -0.471 e. The number of hydrogen-bond donors (Lipinski definition) is 3. The second-order valence-electron chi connectivity index (χ2n) is 14.9. The van der Waals surface area contributed by atoms with Crippen molar-refractivity contribution >= 4 is 56.0 Å². The normalized spacial score (nSPS) is 27.4. The van der Waals surface area contributed by atoms with Crippen LogP contribution >= 0.6 is 11.3 Å². The lowest BCUT2D eigenvalue weighted by Gasteiger charge is -2.30. The minimum absolute atomic E-state index is 0.0169. The van der Waals surface area contributed by atoms with Crippen molar-refractivity contribution in [2.75, 3.05) is 6.54 Å². The van der Waals surface area contributed by atoms with Crippen LogP contribution in [0.25, 0.3) is 11.0 Å². The lowest BCUT2D eigenvalue weighted by molar-refractivity contribution is -0.141. The lowest BCUT2D eigenvalue weighted by Crippen LogP contribution is -2.58. The van der Waals surface area contributed by atoms with Gasteiger partial charge in [-0.25, -0.2) is 27.8 Å². The summed E-state index contributed by atoms with van der Waals surface area (Å²) in [6, 6.07) is 2.30. The van der Waals surface area contributed by atoms with Gasteiger partial charge in [0.05, 0.1) is 28.0 Å². The molecule has 3 aromatic rings. The van der Waals surface area contributed by atoms with Crippen molar-refractivity contribution in [3.63, 3.8) is 0 Å². The Bertz CT molecular complexity index is 2140. The van der Waals surface area contributed by atoms with Crippen LogP contribution in [0.5, 0.6) is 5.88 Å². The number of fused-ring (bicyclic) bond motifs is 3. The number of nitrogens with one attached hydrogen (secondary N) is 3. The van der Waals surface area contributed by atoms with Crippen LogP contribution in [0.1, 0.15) is 92.7 Å². The van der Waals surface area contributed by atoms with E-state index >= 15 is 0 Å². The summed E-state index contributed by atoms with van der Waals surface area (Å²) >= 11 is 1.16. The molecule has 4 aliphatic rings. The number of benzene rings is 1. The quantitative estimate of drug-likeness (QED) is 0.285. The van der Waals surface area contributed by atoms with Gasteiger partial charge >= 0.3 is 0 Å². The molecule has 0 spiro atoms. The molecule has 2 aliphatic heterocycles. The number of aromatic nitrogens is 3. The van der Waals surface area contributed by atoms with Crippen LogP contribution < -0.4 is 20.1 Å². The van der Waals surface area contributed by atoms with E-state index in [1.807, 2.05) is 19.1 Å². The van der Waals surface area contributed by atoms with Crippen molar-refractivity contribution in [3.05, 3.63) is 57.9 Å². The summed E-state index contributed by atoms with van der Waals surface area (Å²) in [6.07, 6.45) is 7.52. The Labute approximate surface area is 316 Å². The SMILES string of the molecule is CCc1nc2cccc(F)c2nc1O[C@@H]1C[C@H]2C(=O)N[C@]3(C(=O)NS(=O)(=O)C4(C)CC4)C[C@H]3/C=C\CCCCC[C@H](NC(=O)c3scnc3C)C(=O)N2C1. The molecule has 0 unspecified atom stereocenters. The number of sulfonamides is 1. The third-order valence-corrected chi connectivity index (χ3v) is 14.1. The van der Waals surface area contributed by atoms with Crippen LogP contribution in [-0.2, 0) is 30.8 Å². The van der Waals surface area contributed by atoms with Crippen molar-refractivity contribution in [2.24, 2.45) is 5.92 Å². The van der Waals surface area contributed by atoms with E-state index in [0.29, 0.717) is 60.3 Å². The molecular formula is C37H44FN7O7S2. The Kier molecular flexibility index (Phi) is 10.2. The molecule has 3 N–H and O–H groups in total. The smallest absolute Gasteiger partial charge is 0.263 e. The highest BCUT2D eigenvalue weighted by molar-refractivity contribution is 7.91. The van der Waals surface area contributed by atoms with Gasteiger partial charge in [-0.05, 0) is 70.9 Å². The number of carbonyl (C=O) groups is 4. The third-order valence-electron chi connectivity index (χ3n) is 11.0. The van der Waals surface area contributed by atoms with E-state index in [1.165, 1.54) is 11.0 Å². The fourth-order valence-electron chi connectivity index (χ4n) is 7.24. The van der Waals surface area contributed by atoms with E-state index in [0.717, 1.165) is 24.2 Å². The molecule has 0 bridgehead atoms. The maximum Gasteiger partial charge on any atom is 0.263 e. The molecule has 7 rings (SSSR count). The van der Waals surface area contributed by atoms with E-state index in [4.69, 9.17) is 4.74 Å². The Morgan fingerprint density at radius 3 is 2.69 bits per heavy atom. The van der Waals surface area contributed by atoms with Gasteiger partial charge in [-0.1, -0.05) is 38.0 Å². The summed E-state index contributed by atoms with van der Waals surface area (Å²) in [6.45, 7) is 5.05. The highest BCUT2D eigenvalue weighted by Gasteiger charge is 2.63. The monoisotopic (exact) mass is 781 g/mol. The van der Waals surface area contributed by atoms with Crippen LogP contribution in [0, 0.1) is 18.7 Å². The van der Waals surface area contributed by atoms with Crippen LogP contribution in [0.15, 0.2) is 35.9 Å². The molecule has 288 valence electrons. The van der Waals surface area contributed by atoms with E-state index in [9.17, 15) is 32.0 Å². The molecule has 1 saturated heterocycles. The second-order valence-corrected chi connectivity index (χ2v) is 18.0. The fourth-order valence-corrected chi connectivity index (χ4v) is 9.25. The zero-order valence-corrected chi connectivity index (χ0v) is 32.0. The molecule has 4 heterocycles. The molecule has 2 saturated carbocycles. The Morgan fingerprint density at radius 2 is 1.96 bits per heavy atom. The standard InChI is InChI=1S/C37H44FN7O7S2/c1-4-25-33(42-29-24(38)12-10-14-26(29)40-25)52-23-17-28-31(46)43-37(35(49)44-54(50,51)36(3)15-16-36)18-22(37)11-8-6-5-7-9-13-27(34(48)45(28)19-23)41-32(47)30-21(2)39-20-53-30/h8,10-12,14,20,22-23,27-28H,4-7,9,13,15-19H2,1-3H3,(H,41,47)(H,43,46)(H,44,49)/b11-8-/t22-,23-,27+,28+,37-/m1/s1. The van der Waals surface area contributed by atoms with Crippen LogP contribution in [-0.4, -0.2) is 86.9 Å². The lowest BCUT2D eigenvalue weighted by atomic mass is 10.0. The van der Waals surface area contributed by atoms with Gasteiger partial charge < -0.3 is 20.3 Å². The summed E-state index contributed by atoms with van der Waals surface area (Å²) in [5.74, 6) is -3.42. The number of halogens is 1. The van der Waals surface area contributed by atoms with Gasteiger partial charge in [0.2, 0.25) is 27.7 Å². The van der Waals surface area contributed by atoms with Gasteiger partial charge in [0.25, 0.3) is 11.8 Å². The largest absolute Gasteiger partial charge is 0.471 e. The summed E-state index contributed by atoms with van der Waals surface area (Å²) in [7, 11) is -4.01. The first kappa shape index (κ1) is 37.8. The number of aryl methyl sites for hydroxylation is 2. The van der Waals surface area contributed by atoms with E-state index in [1.54, 1.807) is 31.5 Å². The predicted molar refractivity (Wildman–Crippen MR) is 197 cm³/mol. The highest BCUT2D eigenvalue weighted by Crippen LogP contribution is 2.47. The molecule has 5 atom stereocenters. The third kappa shape index (κ3) is 7.31. The summed E-state index contributed by atoms with van der Waals surface area (Å²) < 4.78 is 48.6. The molecule has 17 heteroatoms. The van der Waals surface area contributed by atoms with Crippen molar-refractivity contribution in [2.45, 2.75) is 113 Å². The minimum atomic E-state index is -4.01. The van der Waals surface area contributed by atoms with E-state index in [-0.39, 0.29) is 30.8 Å². The molecule has 2 aliphatic carbocycles. The number of amides is 4. The zero-order chi connectivity index (χ0) is 38.4. The molecule has 54 heavy (non-hydrogen) atoms.